The summed E-state index contributed by atoms with van der Waals surface area (Å²) in [5, 5.41) is 6.19. The highest BCUT2D eigenvalue weighted by Gasteiger charge is 2.46. The van der Waals surface area contributed by atoms with Crippen molar-refractivity contribution in [3.05, 3.63) is 59.8 Å². The minimum absolute atomic E-state index is 0.0292. The predicted molar refractivity (Wildman–Crippen MR) is 155 cm³/mol. The van der Waals surface area contributed by atoms with E-state index in [0.29, 0.717) is 45.6 Å². The molecule has 40 heavy (non-hydrogen) atoms. The van der Waals surface area contributed by atoms with Crippen molar-refractivity contribution in [2.24, 2.45) is 11.8 Å². The van der Waals surface area contributed by atoms with Crippen molar-refractivity contribution in [3.8, 4) is 0 Å². The zero-order chi connectivity index (χ0) is 27.9. The van der Waals surface area contributed by atoms with Crippen LogP contribution in [0.1, 0.15) is 49.7 Å². The summed E-state index contributed by atoms with van der Waals surface area (Å²) in [6.45, 7) is 6.45. The van der Waals surface area contributed by atoms with Gasteiger partial charge in [0, 0.05) is 64.0 Å². The predicted octanol–water partition coefficient (Wildman–Crippen LogP) is 3.34. The first-order chi connectivity index (χ1) is 19.5. The number of hydrogen-bond acceptors (Lipinski definition) is 5. The van der Waals surface area contributed by atoms with Crippen molar-refractivity contribution in [1.29, 1.82) is 0 Å². The molecule has 4 amide bonds. The molecule has 2 saturated heterocycles. The Labute approximate surface area is 237 Å². The number of carbonyl (C=O) groups is 3. The van der Waals surface area contributed by atoms with E-state index in [1.165, 1.54) is 5.56 Å². The molecule has 9 heteroatoms. The number of fused-ring (bicyclic) bond motifs is 1. The van der Waals surface area contributed by atoms with Crippen molar-refractivity contribution in [2.75, 3.05) is 44.2 Å². The number of piperazine rings is 1. The second-order valence-electron chi connectivity index (χ2n) is 11.4. The third kappa shape index (κ3) is 6.74. The molecule has 3 fully saturated rings. The van der Waals surface area contributed by atoms with Gasteiger partial charge in [-0.1, -0.05) is 48.7 Å². The number of rotatable bonds is 4. The Bertz CT molecular complexity index is 1150. The van der Waals surface area contributed by atoms with E-state index in [0.717, 1.165) is 50.2 Å². The second-order valence-corrected chi connectivity index (χ2v) is 11.4. The number of aromatic nitrogens is 1. The number of pyridine rings is 1. The lowest BCUT2D eigenvalue weighted by molar-refractivity contribution is -0.135. The Hall–Kier alpha value is -3.62. The van der Waals surface area contributed by atoms with Crippen molar-refractivity contribution in [2.45, 2.75) is 58.0 Å². The molecule has 214 valence electrons. The Morgan fingerprint density at radius 1 is 0.950 bits per heavy atom. The number of hydrogen-bond donors (Lipinski definition) is 2. The average Bonchev–Trinajstić information content (AvgIpc) is 3.42. The number of aryl methyl sites for hydroxylation is 1. The molecule has 0 bridgehead atoms. The summed E-state index contributed by atoms with van der Waals surface area (Å²) in [6.07, 6.45) is 6.67. The van der Waals surface area contributed by atoms with Gasteiger partial charge < -0.3 is 25.3 Å². The number of anilines is 1. The van der Waals surface area contributed by atoms with Gasteiger partial charge in [0.15, 0.2) is 0 Å². The van der Waals surface area contributed by atoms with Crippen LogP contribution in [0, 0.1) is 18.8 Å². The number of nitrogens with one attached hydrogen (secondary N) is 2. The molecule has 1 saturated carbocycles. The quantitative estimate of drug-likeness (QED) is 0.613. The molecular formula is C31H42N6O3. The van der Waals surface area contributed by atoms with Crippen molar-refractivity contribution in [1.82, 2.24) is 25.4 Å². The van der Waals surface area contributed by atoms with Crippen molar-refractivity contribution in [3.63, 3.8) is 0 Å². The molecule has 9 nitrogen and oxygen atoms in total. The molecule has 3 atom stereocenters. The van der Waals surface area contributed by atoms with E-state index >= 15 is 0 Å². The molecule has 1 aliphatic carbocycles. The van der Waals surface area contributed by atoms with Gasteiger partial charge >= 0.3 is 6.03 Å². The van der Waals surface area contributed by atoms with Crippen LogP contribution < -0.4 is 15.5 Å². The third-order valence-electron chi connectivity index (χ3n) is 8.63. The monoisotopic (exact) mass is 546 g/mol. The molecule has 0 radical (unpaired) electrons. The fraction of sp³-hybridized carbons (Fsp3) is 0.548. The fourth-order valence-electron chi connectivity index (χ4n) is 6.30. The molecule has 0 spiro atoms. The smallest absolute Gasteiger partial charge is 0.317 e. The van der Waals surface area contributed by atoms with E-state index < -0.39 is 0 Å². The lowest BCUT2D eigenvalue weighted by Gasteiger charge is -2.36. The maximum atomic E-state index is 13.7. The van der Waals surface area contributed by atoms with Gasteiger partial charge in [0.25, 0.3) is 0 Å². The minimum atomic E-state index is -0.382. The van der Waals surface area contributed by atoms with Crippen LogP contribution in [0.3, 0.4) is 0 Å². The van der Waals surface area contributed by atoms with Crippen LogP contribution in [-0.2, 0) is 16.1 Å². The molecule has 1 aromatic heterocycles. The molecule has 2 aliphatic heterocycles. The van der Waals surface area contributed by atoms with Crippen LogP contribution in [0.4, 0.5) is 10.6 Å². The summed E-state index contributed by atoms with van der Waals surface area (Å²) in [5.74, 6) is 0.358. The van der Waals surface area contributed by atoms with E-state index in [1.54, 1.807) is 6.20 Å². The minimum Gasteiger partial charge on any atom is -0.356 e. The van der Waals surface area contributed by atoms with Gasteiger partial charge in [-0.15, -0.1) is 0 Å². The Morgan fingerprint density at radius 2 is 1.73 bits per heavy atom. The van der Waals surface area contributed by atoms with E-state index in [9.17, 15) is 14.4 Å². The molecule has 3 aliphatic rings. The van der Waals surface area contributed by atoms with Crippen LogP contribution in [0.5, 0.6) is 0 Å². The van der Waals surface area contributed by atoms with Gasteiger partial charge in [-0.05, 0) is 50.3 Å². The van der Waals surface area contributed by atoms with E-state index in [1.807, 2.05) is 59.2 Å². The summed E-state index contributed by atoms with van der Waals surface area (Å²) >= 11 is 0. The topological polar surface area (TPSA) is 97.9 Å². The van der Waals surface area contributed by atoms with Gasteiger partial charge in [-0.2, -0.15) is 0 Å². The van der Waals surface area contributed by atoms with Crippen molar-refractivity contribution >= 4 is 23.7 Å². The maximum absolute atomic E-state index is 13.7. The standard InChI is InChI=1S/C31H42N6O3/c1-23-9-11-24(12-10-23)22-34-31(40)37-15-7-3-2-5-14-33-29(38)26-20-25(21-27(26)37)30(39)36-18-16-35(17-19-36)28-8-4-6-13-32-28/h4,6,8-13,25-27H,2-3,5,7,14-22H2,1H3,(H,33,38)(H,34,40)/t25-,26-,27+/m1/s1. The van der Waals surface area contributed by atoms with Gasteiger partial charge in [0.05, 0.1) is 5.92 Å². The number of carbonyl (C=O) groups excluding carboxylic acids is 3. The normalized spacial score (nSPS) is 24.1. The van der Waals surface area contributed by atoms with E-state index in [-0.39, 0.29) is 35.7 Å². The number of benzene rings is 1. The average molecular weight is 547 g/mol. The zero-order valence-electron chi connectivity index (χ0n) is 23.6. The highest BCUT2D eigenvalue weighted by Crippen LogP contribution is 2.37. The maximum Gasteiger partial charge on any atom is 0.317 e. The van der Waals surface area contributed by atoms with Crippen LogP contribution in [-0.4, -0.2) is 77.9 Å². The van der Waals surface area contributed by atoms with Gasteiger partial charge in [0.1, 0.15) is 5.82 Å². The lowest BCUT2D eigenvalue weighted by Crippen LogP contribution is -2.51. The van der Waals surface area contributed by atoms with Crippen molar-refractivity contribution < 1.29 is 14.4 Å². The highest BCUT2D eigenvalue weighted by atomic mass is 16.2. The first-order valence-electron chi connectivity index (χ1n) is 14.8. The van der Waals surface area contributed by atoms with Crippen LogP contribution in [0.25, 0.3) is 0 Å². The molecule has 3 heterocycles. The first kappa shape index (κ1) is 27.9. The number of urea groups is 1. The van der Waals surface area contributed by atoms with Gasteiger partial charge in [0.2, 0.25) is 11.8 Å². The van der Waals surface area contributed by atoms with Crippen LogP contribution >= 0.6 is 0 Å². The Morgan fingerprint density at radius 3 is 2.48 bits per heavy atom. The van der Waals surface area contributed by atoms with Crippen LogP contribution in [0.15, 0.2) is 48.7 Å². The zero-order valence-corrected chi connectivity index (χ0v) is 23.6. The fourth-order valence-corrected chi connectivity index (χ4v) is 6.30. The summed E-state index contributed by atoms with van der Waals surface area (Å²) in [6, 6.07) is 13.6. The molecular weight excluding hydrogens is 504 g/mol. The van der Waals surface area contributed by atoms with Gasteiger partial charge in [-0.3, -0.25) is 9.59 Å². The number of amides is 4. The second kappa shape index (κ2) is 13.2. The molecule has 2 aromatic rings. The molecule has 2 N–H and O–H groups in total. The summed E-state index contributed by atoms with van der Waals surface area (Å²) in [5.41, 5.74) is 2.21. The first-order valence-corrected chi connectivity index (χ1v) is 14.8. The molecule has 1 aromatic carbocycles. The largest absolute Gasteiger partial charge is 0.356 e. The van der Waals surface area contributed by atoms with Gasteiger partial charge in [-0.25, -0.2) is 9.78 Å². The van der Waals surface area contributed by atoms with E-state index in [4.69, 9.17) is 0 Å². The number of nitrogens with zero attached hydrogens (tertiary/aromatic N) is 4. The summed E-state index contributed by atoms with van der Waals surface area (Å²) in [4.78, 5) is 51.1. The molecule has 0 unspecified atom stereocenters. The SMILES string of the molecule is Cc1ccc(CNC(=O)N2CCCCCCNC(=O)[C@@H]3C[C@@H](C(=O)N4CCN(c5ccccn5)CC4)C[C@@H]32)cc1. The third-order valence-corrected chi connectivity index (χ3v) is 8.63. The Balaban J connectivity index is 1.27. The highest BCUT2D eigenvalue weighted by molar-refractivity contribution is 5.85. The Kier molecular flexibility index (Phi) is 9.19. The van der Waals surface area contributed by atoms with E-state index in [2.05, 4.69) is 20.5 Å². The summed E-state index contributed by atoms with van der Waals surface area (Å²) in [7, 11) is 0. The summed E-state index contributed by atoms with van der Waals surface area (Å²) < 4.78 is 0. The molecule has 5 rings (SSSR count). The lowest BCUT2D eigenvalue weighted by atomic mass is 10.00. The van der Waals surface area contributed by atoms with Crippen LogP contribution in [0.2, 0.25) is 0 Å².